The minimum atomic E-state index is -0.211. The van der Waals surface area contributed by atoms with Crippen molar-refractivity contribution in [3.63, 3.8) is 0 Å². The van der Waals surface area contributed by atoms with Gasteiger partial charge in [-0.2, -0.15) is 0 Å². The number of nitrogens with zero attached hydrogens (tertiary/aromatic N) is 1. The van der Waals surface area contributed by atoms with Crippen molar-refractivity contribution in [2.24, 2.45) is 0 Å². The lowest BCUT2D eigenvalue weighted by Gasteiger charge is -2.23. The second-order valence-corrected chi connectivity index (χ2v) is 4.39. The molecule has 0 fully saturated rings. The van der Waals surface area contributed by atoms with E-state index < -0.39 is 0 Å². The first-order chi connectivity index (χ1) is 9.11. The number of hydrogen-bond donors (Lipinski definition) is 1. The van der Waals surface area contributed by atoms with Crippen molar-refractivity contribution in [1.82, 2.24) is 4.90 Å². The van der Waals surface area contributed by atoms with Gasteiger partial charge in [-0.3, -0.25) is 4.79 Å². The third-order valence-electron chi connectivity index (χ3n) is 2.68. The second kappa shape index (κ2) is 7.99. The van der Waals surface area contributed by atoms with Crippen LogP contribution in [0.3, 0.4) is 0 Å². The molecule has 1 rings (SSSR count). The molecule has 0 aromatic heterocycles. The maximum atomic E-state index is 12.4. The lowest BCUT2D eigenvalue weighted by Crippen LogP contribution is -2.37. The van der Waals surface area contributed by atoms with Gasteiger partial charge in [0.15, 0.2) is 0 Å². The maximum Gasteiger partial charge on any atom is 0.257 e. The first-order valence-corrected chi connectivity index (χ1v) is 6.30. The molecule has 0 aliphatic rings. The summed E-state index contributed by atoms with van der Waals surface area (Å²) in [5.41, 5.74) is 6.53. The smallest absolute Gasteiger partial charge is 0.257 e. The summed E-state index contributed by atoms with van der Waals surface area (Å²) in [4.78, 5) is 14.1. The number of carbonyl (C=O) groups excluding carboxylic acids is 1. The molecule has 1 aromatic rings. The van der Waals surface area contributed by atoms with Crippen molar-refractivity contribution in [3.05, 3.63) is 28.8 Å². The van der Waals surface area contributed by atoms with Crippen LogP contribution in [0.2, 0.25) is 5.02 Å². The molecule has 2 N–H and O–H groups in total. The quantitative estimate of drug-likeness (QED) is 0.774. The van der Waals surface area contributed by atoms with Gasteiger partial charge >= 0.3 is 0 Å². The summed E-state index contributed by atoms with van der Waals surface area (Å²) in [6.45, 7) is 1.81. The summed E-state index contributed by atoms with van der Waals surface area (Å²) in [7, 11) is 3.17. The molecule has 5 nitrogen and oxygen atoms in total. The summed E-state index contributed by atoms with van der Waals surface area (Å²) in [5.74, 6) is -0.211. The van der Waals surface area contributed by atoms with E-state index in [0.717, 1.165) is 0 Å². The number of hydrogen-bond acceptors (Lipinski definition) is 4. The van der Waals surface area contributed by atoms with Crippen LogP contribution in [0.25, 0.3) is 0 Å². The molecule has 0 heterocycles. The molecule has 0 aliphatic carbocycles. The molecule has 0 saturated heterocycles. The van der Waals surface area contributed by atoms with E-state index >= 15 is 0 Å². The molecule has 0 radical (unpaired) electrons. The number of ether oxygens (including phenoxy) is 2. The minimum Gasteiger partial charge on any atom is -0.398 e. The molecule has 0 bridgehead atoms. The molecule has 1 aromatic carbocycles. The number of nitrogen functional groups attached to an aromatic ring is 1. The standard InChI is InChI=1S/C13H19ClN2O3/c1-18-8-6-16(7-9-19-2)13(17)12-10(14)4-3-5-11(12)15/h3-5H,6-9,15H2,1-2H3. The Labute approximate surface area is 118 Å². The van der Waals surface area contributed by atoms with Gasteiger partial charge in [-0.1, -0.05) is 17.7 Å². The predicted octanol–water partition coefficient (Wildman–Crippen LogP) is 1.66. The van der Waals surface area contributed by atoms with Crippen LogP contribution in [-0.2, 0) is 9.47 Å². The van der Waals surface area contributed by atoms with Gasteiger partial charge in [-0.05, 0) is 12.1 Å². The summed E-state index contributed by atoms with van der Waals surface area (Å²) in [5, 5.41) is 0.352. The number of carbonyl (C=O) groups is 1. The van der Waals surface area contributed by atoms with E-state index in [2.05, 4.69) is 0 Å². The maximum absolute atomic E-state index is 12.4. The first-order valence-electron chi connectivity index (χ1n) is 5.93. The van der Waals surface area contributed by atoms with Gasteiger partial charge in [0.2, 0.25) is 0 Å². The third kappa shape index (κ3) is 4.38. The van der Waals surface area contributed by atoms with Gasteiger partial charge in [0, 0.05) is 33.0 Å². The van der Waals surface area contributed by atoms with Crippen molar-refractivity contribution < 1.29 is 14.3 Å². The van der Waals surface area contributed by atoms with Crippen LogP contribution in [0, 0.1) is 0 Å². The summed E-state index contributed by atoms with van der Waals surface area (Å²) in [6.07, 6.45) is 0. The topological polar surface area (TPSA) is 64.8 Å². The molecular formula is C13H19ClN2O3. The number of nitrogens with two attached hydrogens (primary N) is 1. The fourth-order valence-corrected chi connectivity index (χ4v) is 1.91. The molecule has 0 aliphatic heterocycles. The van der Waals surface area contributed by atoms with Gasteiger partial charge < -0.3 is 20.1 Å². The van der Waals surface area contributed by atoms with Gasteiger partial charge in [-0.25, -0.2) is 0 Å². The highest BCUT2D eigenvalue weighted by molar-refractivity contribution is 6.34. The van der Waals surface area contributed by atoms with Crippen LogP contribution >= 0.6 is 11.6 Å². The molecular weight excluding hydrogens is 268 g/mol. The van der Waals surface area contributed by atoms with E-state index in [4.69, 9.17) is 26.8 Å². The van der Waals surface area contributed by atoms with Gasteiger partial charge in [0.05, 0.1) is 23.8 Å². The number of halogens is 1. The number of benzene rings is 1. The molecule has 0 spiro atoms. The number of amides is 1. The third-order valence-corrected chi connectivity index (χ3v) is 2.99. The highest BCUT2D eigenvalue weighted by Crippen LogP contribution is 2.23. The Balaban J connectivity index is 2.91. The Morgan fingerprint density at radius 1 is 1.26 bits per heavy atom. The van der Waals surface area contributed by atoms with E-state index in [9.17, 15) is 4.79 Å². The van der Waals surface area contributed by atoms with E-state index in [1.807, 2.05) is 0 Å². The van der Waals surface area contributed by atoms with Gasteiger partial charge in [0.1, 0.15) is 0 Å². The van der Waals surface area contributed by atoms with Crippen LogP contribution in [0.4, 0.5) is 5.69 Å². The SMILES string of the molecule is COCCN(CCOC)C(=O)c1c(N)cccc1Cl. The first kappa shape index (κ1) is 15.8. The number of methoxy groups -OCH3 is 2. The number of anilines is 1. The predicted molar refractivity (Wildman–Crippen MR) is 75.5 cm³/mol. The summed E-state index contributed by atoms with van der Waals surface area (Å²) >= 11 is 6.05. The zero-order chi connectivity index (χ0) is 14.3. The van der Waals surface area contributed by atoms with Crippen LogP contribution < -0.4 is 5.73 Å². The molecule has 0 atom stereocenters. The normalized spacial score (nSPS) is 10.5. The fourth-order valence-electron chi connectivity index (χ4n) is 1.64. The lowest BCUT2D eigenvalue weighted by atomic mass is 10.1. The zero-order valence-electron chi connectivity index (χ0n) is 11.2. The van der Waals surface area contributed by atoms with Gasteiger partial charge in [-0.15, -0.1) is 0 Å². The Kier molecular flexibility index (Phi) is 6.62. The van der Waals surface area contributed by atoms with Crippen molar-refractivity contribution >= 4 is 23.2 Å². The lowest BCUT2D eigenvalue weighted by molar-refractivity contribution is 0.0628. The largest absolute Gasteiger partial charge is 0.398 e. The van der Waals surface area contributed by atoms with Crippen LogP contribution in [0.15, 0.2) is 18.2 Å². The highest BCUT2D eigenvalue weighted by atomic mass is 35.5. The fraction of sp³-hybridized carbons (Fsp3) is 0.462. The Hall–Kier alpha value is -1.30. The molecule has 0 saturated carbocycles. The van der Waals surface area contributed by atoms with Crippen LogP contribution in [0.5, 0.6) is 0 Å². The Bertz CT molecular complexity index is 398. The van der Waals surface area contributed by atoms with Crippen molar-refractivity contribution in [3.8, 4) is 0 Å². The summed E-state index contributed by atoms with van der Waals surface area (Å²) < 4.78 is 10.00. The van der Waals surface area contributed by atoms with Crippen molar-refractivity contribution in [2.75, 3.05) is 46.3 Å². The molecule has 0 unspecified atom stereocenters. The van der Waals surface area contributed by atoms with Crippen LogP contribution in [-0.4, -0.2) is 51.3 Å². The monoisotopic (exact) mass is 286 g/mol. The zero-order valence-corrected chi connectivity index (χ0v) is 11.9. The number of rotatable bonds is 7. The average molecular weight is 287 g/mol. The molecule has 106 valence electrons. The second-order valence-electron chi connectivity index (χ2n) is 3.98. The average Bonchev–Trinajstić information content (AvgIpc) is 2.38. The Morgan fingerprint density at radius 3 is 2.32 bits per heavy atom. The molecule has 6 heteroatoms. The minimum absolute atomic E-state index is 0.211. The summed E-state index contributed by atoms with van der Waals surface area (Å²) in [6, 6.07) is 5.02. The van der Waals surface area contributed by atoms with Crippen molar-refractivity contribution in [2.45, 2.75) is 0 Å². The molecule has 19 heavy (non-hydrogen) atoms. The Morgan fingerprint density at radius 2 is 1.84 bits per heavy atom. The molecule has 1 amide bonds. The van der Waals surface area contributed by atoms with Crippen LogP contribution in [0.1, 0.15) is 10.4 Å². The van der Waals surface area contributed by atoms with E-state index in [1.54, 1.807) is 37.3 Å². The van der Waals surface area contributed by atoms with E-state index in [1.165, 1.54) is 0 Å². The van der Waals surface area contributed by atoms with E-state index in [-0.39, 0.29) is 5.91 Å². The van der Waals surface area contributed by atoms with Crippen molar-refractivity contribution in [1.29, 1.82) is 0 Å². The van der Waals surface area contributed by atoms with Gasteiger partial charge in [0.25, 0.3) is 5.91 Å². The van der Waals surface area contributed by atoms with E-state index in [0.29, 0.717) is 42.6 Å². The highest BCUT2D eigenvalue weighted by Gasteiger charge is 2.20.